The Morgan fingerprint density at radius 3 is 2.68 bits per heavy atom. The number of unbranched alkanes of at least 4 members (excludes halogenated alkanes) is 3. The summed E-state index contributed by atoms with van der Waals surface area (Å²) < 4.78 is 11.2. The lowest BCUT2D eigenvalue weighted by Crippen LogP contribution is -2.00. The molecule has 5 heteroatoms. The van der Waals surface area contributed by atoms with Crippen molar-refractivity contribution in [1.82, 2.24) is 0 Å². The zero-order chi connectivity index (χ0) is 18.1. The maximum Gasteiger partial charge on any atom is 0.337 e. The Hall–Kier alpha value is -2.27. The first-order valence-corrected chi connectivity index (χ1v) is 9.33. The Balaban J connectivity index is 2.14. The molecular formula is C20H24O4S. The van der Waals surface area contributed by atoms with Crippen LogP contribution in [0.5, 0.6) is 11.5 Å². The molecule has 25 heavy (non-hydrogen) atoms. The molecule has 1 aromatic heterocycles. The molecule has 4 nitrogen and oxygen atoms in total. The minimum Gasteiger partial charge on any atom is -0.493 e. The van der Waals surface area contributed by atoms with Gasteiger partial charge >= 0.3 is 5.97 Å². The van der Waals surface area contributed by atoms with E-state index in [0.717, 1.165) is 23.3 Å². The predicted octanol–water partition coefficient (Wildman–Crippen LogP) is 5.34. The molecule has 134 valence electrons. The quantitative estimate of drug-likeness (QED) is 0.459. The van der Waals surface area contributed by atoms with Crippen LogP contribution in [0.2, 0.25) is 0 Å². The van der Waals surface area contributed by atoms with Crippen LogP contribution in [0.25, 0.3) is 11.6 Å². The standard InChI is InChI=1S/C20H24O4S/c1-3-4-5-6-11-24-17-10-9-15(14-18(17)23-2)13-16(20(21)22)19-8-7-12-25-19/h7-10,12-14H,3-6,11H2,1-2H3,(H,21,22)/b16-13+. The van der Waals surface area contributed by atoms with E-state index in [9.17, 15) is 9.90 Å². The fraction of sp³-hybridized carbons (Fsp3) is 0.350. The number of carboxylic acids is 1. The third-order valence-corrected chi connectivity index (χ3v) is 4.67. The lowest BCUT2D eigenvalue weighted by molar-refractivity contribution is -0.130. The van der Waals surface area contributed by atoms with Crippen molar-refractivity contribution in [3.63, 3.8) is 0 Å². The van der Waals surface area contributed by atoms with Crippen molar-refractivity contribution < 1.29 is 19.4 Å². The van der Waals surface area contributed by atoms with E-state index in [4.69, 9.17) is 9.47 Å². The summed E-state index contributed by atoms with van der Waals surface area (Å²) in [7, 11) is 1.59. The number of ether oxygens (including phenoxy) is 2. The summed E-state index contributed by atoms with van der Waals surface area (Å²) in [6.07, 6.45) is 6.23. The normalized spacial score (nSPS) is 11.4. The van der Waals surface area contributed by atoms with Crippen LogP contribution in [-0.2, 0) is 4.79 Å². The molecule has 0 unspecified atom stereocenters. The first-order chi connectivity index (χ1) is 12.2. The summed E-state index contributed by atoms with van der Waals surface area (Å²) in [5.41, 5.74) is 1.03. The van der Waals surface area contributed by atoms with Gasteiger partial charge in [0.15, 0.2) is 11.5 Å². The third kappa shape index (κ3) is 5.64. The van der Waals surface area contributed by atoms with Gasteiger partial charge in [-0.25, -0.2) is 4.79 Å². The van der Waals surface area contributed by atoms with Gasteiger partial charge in [0.05, 0.1) is 19.3 Å². The first-order valence-electron chi connectivity index (χ1n) is 8.45. The minimum absolute atomic E-state index is 0.269. The fourth-order valence-electron chi connectivity index (χ4n) is 2.44. The topological polar surface area (TPSA) is 55.8 Å². The van der Waals surface area contributed by atoms with Crippen LogP contribution in [0.4, 0.5) is 0 Å². The van der Waals surface area contributed by atoms with Crippen molar-refractivity contribution in [2.75, 3.05) is 13.7 Å². The highest BCUT2D eigenvalue weighted by Crippen LogP contribution is 2.31. The summed E-state index contributed by atoms with van der Waals surface area (Å²) in [4.78, 5) is 12.3. The molecule has 0 aliphatic carbocycles. The van der Waals surface area contributed by atoms with Crippen LogP contribution in [-0.4, -0.2) is 24.8 Å². The molecule has 0 atom stereocenters. The van der Waals surface area contributed by atoms with E-state index in [-0.39, 0.29) is 5.57 Å². The monoisotopic (exact) mass is 360 g/mol. The van der Waals surface area contributed by atoms with Crippen LogP contribution in [0.1, 0.15) is 43.0 Å². The van der Waals surface area contributed by atoms with Crippen molar-refractivity contribution in [2.24, 2.45) is 0 Å². The Bertz CT molecular complexity index is 704. The summed E-state index contributed by atoms with van der Waals surface area (Å²) in [5, 5.41) is 11.3. The molecule has 1 N–H and O–H groups in total. The van der Waals surface area contributed by atoms with Crippen LogP contribution in [0, 0.1) is 0 Å². The number of thiophene rings is 1. The molecular weight excluding hydrogens is 336 g/mol. The van der Waals surface area contributed by atoms with E-state index < -0.39 is 5.97 Å². The van der Waals surface area contributed by atoms with Crippen LogP contribution < -0.4 is 9.47 Å². The summed E-state index contributed by atoms with van der Waals surface area (Å²) in [6.45, 7) is 2.83. The maximum absolute atomic E-state index is 11.5. The van der Waals surface area contributed by atoms with Gasteiger partial charge in [0.25, 0.3) is 0 Å². The van der Waals surface area contributed by atoms with Crippen molar-refractivity contribution >= 4 is 29.0 Å². The second-order valence-corrected chi connectivity index (χ2v) is 6.61. The molecule has 0 spiro atoms. The number of hydrogen-bond acceptors (Lipinski definition) is 4. The molecule has 1 aromatic carbocycles. The summed E-state index contributed by atoms with van der Waals surface area (Å²) >= 11 is 1.40. The first kappa shape index (κ1) is 19.1. The van der Waals surface area contributed by atoms with E-state index in [1.807, 2.05) is 23.6 Å². The van der Waals surface area contributed by atoms with Crippen LogP contribution in [0.3, 0.4) is 0 Å². The summed E-state index contributed by atoms with van der Waals surface area (Å²) in [5.74, 6) is 0.349. The highest BCUT2D eigenvalue weighted by Gasteiger charge is 2.12. The van der Waals surface area contributed by atoms with Gasteiger partial charge in [0, 0.05) is 4.88 Å². The van der Waals surface area contributed by atoms with Crippen molar-refractivity contribution in [3.8, 4) is 11.5 Å². The average molecular weight is 360 g/mol. The molecule has 0 saturated carbocycles. The Kier molecular flexibility index (Phi) is 7.54. The Labute approximate surface area is 152 Å². The van der Waals surface area contributed by atoms with Crippen LogP contribution in [0.15, 0.2) is 35.7 Å². The fourth-order valence-corrected chi connectivity index (χ4v) is 3.17. The van der Waals surface area contributed by atoms with Gasteiger partial charge in [-0.15, -0.1) is 11.3 Å². The largest absolute Gasteiger partial charge is 0.493 e. The number of aliphatic carboxylic acids is 1. The third-order valence-electron chi connectivity index (χ3n) is 3.77. The molecule has 0 aliphatic heterocycles. The van der Waals surface area contributed by atoms with E-state index in [1.54, 1.807) is 25.3 Å². The minimum atomic E-state index is -0.947. The maximum atomic E-state index is 11.5. The zero-order valence-corrected chi connectivity index (χ0v) is 15.5. The highest BCUT2D eigenvalue weighted by atomic mass is 32.1. The Morgan fingerprint density at radius 1 is 1.20 bits per heavy atom. The number of hydrogen-bond donors (Lipinski definition) is 1. The van der Waals surface area contributed by atoms with Crippen molar-refractivity contribution in [2.45, 2.75) is 32.6 Å². The van der Waals surface area contributed by atoms with Gasteiger partial charge in [0.1, 0.15) is 0 Å². The number of carbonyl (C=O) groups is 1. The van der Waals surface area contributed by atoms with Crippen LogP contribution >= 0.6 is 11.3 Å². The molecule has 1 heterocycles. The SMILES string of the molecule is CCCCCCOc1ccc(/C=C(/C(=O)O)c2cccs2)cc1OC. The van der Waals surface area contributed by atoms with E-state index in [0.29, 0.717) is 18.1 Å². The number of methoxy groups -OCH3 is 1. The molecule has 0 bridgehead atoms. The van der Waals surface area contributed by atoms with Gasteiger partial charge in [-0.2, -0.15) is 0 Å². The smallest absolute Gasteiger partial charge is 0.337 e. The molecule has 2 rings (SSSR count). The van der Waals surface area contributed by atoms with Gasteiger partial charge in [-0.3, -0.25) is 0 Å². The van der Waals surface area contributed by atoms with Crippen molar-refractivity contribution in [3.05, 3.63) is 46.2 Å². The van der Waals surface area contributed by atoms with Crippen molar-refractivity contribution in [1.29, 1.82) is 0 Å². The van der Waals surface area contributed by atoms with E-state index >= 15 is 0 Å². The number of rotatable bonds is 10. The zero-order valence-electron chi connectivity index (χ0n) is 14.7. The molecule has 0 fully saturated rings. The molecule has 2 aromatic rings. The van der Waals surface area contributed by atoms with E-state index in [1.165, 1.54) is 24.2 Å². The predicted molar refractivity (Wildman–Crippen MR) is 102 cm³/mol. The number of benzene rings is 1. The second-order valence-electron chi connectivity index (χ2n) is 5.66. The highest BCUT2D eigenvalue weighted by molar-refractivity contribution is 7.11. The van der Waals surface area contributed by atoms with Gasteiger partial charge in [-0.1, -0.05) is 38.3 Å². The molecule has 0 aliphatic rings. The molecule has 0 amide bonds. The molecule has 0 saturated heterocycles. The lowest BCUT2D eigenvalue weighted by Gasteiger charge is -2.11. The lowest BCUT2D eigenvalue weighted by atomic mass is 10.1. The van der Waals surface area contributed by atoms with Gasteiger partial charge < -0.3 is 14.6 Å². The number of carboxylic acid groups (broad SMARTS) is 1. The molecule has 0 radical (unpaired) electrons. The summed E-state index contributed by atoms with van der Waals surface area (Å²) in [6, 6.07) is 9.12. The van der Waals surface area contributed by atoms with E-state index in [2.05, 4.69) is 6.92 Å². The van der Waals surface area contributed by atoms with Gasteiger partial charge in [0.2, 0.25) is 0 Å². The van der Waals surface area contributed by atoms with Gasteiger partial charge in [-0.05, 0) is 41.6 Å². The Morgan fingerprint density at radius 2 is 2.04 bits per heavy atom. The second kappa shape index (κ2) is 9.89. The average Bonchev–Trinajstić information content (AvgIpc) is 3.14.